The maximum Gasteiger partial charge on any atom is 0.327 e. The van der Waals surface area contributed by atoms with Crippen molar-refractivity contribution in [1.29, 1.82) is 0 Å². The molecule has 1 rings (SSSR count). The molecule has 1 atom stereocenters. The number of nitrogens with two attached hydrogens (primary N) is 1. The quantitative estimate of drug-likeness (QED) is 0.243. The van der Waals surface area contributed by atoms with Crippen molar-refractivity contribution in [1.82, 2.24) is 10.3 Å². The van der Waals surface area contributed by atoms with E-state index in [0.717, 1.165) is 29.4 Å². The zero-order chi connectivity index (χ0) is 13.5. The van der Waals surface area contributed by atoms with Gasteiger partial charge in [0.1, 0.15) is 6.54 Å². The molecule has 0 fully saturated rings. The van der Waals surface area contributed by atoms with Crippen molar-refractivity contribution >= 4 is 28.6 Å². The van der Waals surface area contributed by atoms with Crippen molar-refractivity contribution in [2.45, 2.75) is 32.2 Å². The highest BCUT2D eigenvalue weighted by Crippen LogP contribution is 2.27. The molecule has 5 nitrogen and oxygen atoms in total. The Balaban J connectivity index is 2.76. The van der Waals surface area contributed by atoms with E-state index >= 15 is 0 Å². The summed E-state index contributed by atoms with van der Waals surface area (Å²) in [5, 5.41) is 4.86. The Morgan fingerprint density at radius 3 is 2.94 bits per heavy atom. The van der Waals surface area contributed by atoms with E-state index in [-0.39, 0.29) is 12.5 Å². The number of ether oxygens (including phenoxy) is 1. The Morgan fingerprint density at radius 1 is 1.67 bits per heavy atom. The van der Waals surface area contributed by atoms with Crippen LogP contribution in [0.3, 0.4) is 0 Å². The zero-order valence-corrected chi connectivity index (χ0v) is 13.2. The Bertz CT molecular complexity index is 320. The number of nitrogens with one attached hydrogen (secondary N) is 1. The summed E-state index contributed by atoms with van der Waals surface area (Å²) < 4.78 is 5.85. The van der Waals surface area contributed by atoms with Crippen LogP contribution in [0.5, 0.6) is 0 Å². The van der Waals surface area contributed by atoms with Crippen molar-refractivity contribution in [2.75, 3.05) is 24.6 Å². The molecule has 0 radical (unpaired) electrons. The molecule has 18 heavy (non-hydrogen) atoms. The lowest BCUT2D eigenvalue weighted by molar-refractivity contribution is -0.144. The minimum absolute atomic E-state index is 0.125. The third kappa shape index (κ3) is 4.10. The summed E-state index contributed by atoms with van der Waals surface area (Å²) in [6.45, 7) is 2.32. The predicted octanol–water partition coefficient (Wildman–Crippen LogP) is 1.19. The first-order chi connectivity index (χ1) is 8.63. The van der Waals surface area contributed by atoms with Crippen LogP contribution in [0.2, 0.25) is 0 Å². The Morgan fingerprint density at radius 2 is 2.39 bits per heavy atom. The van der Waals surface area contributed by atoms with E-state index in [0.29, 0.717) is 12.6 Å². The molecule has 0 aromatic rings. The second-order valence-electron chi connectivity index (χ2n) is 4.27. The van der Waals surface area contributed by atoms with Gasteiger partial charge < -0.3 is 15.1 Å². The summed E-state index contributed by atoms with van der Waals surface area (Å²) >= 11 is 2.35. The standard InChI is InChI=1S/C12H22IN3O2/c1-3-18-12(17)8-16(14)11-6-4-5-10(15-2)9(11)7-13/h10,15H,3-8,14H2,1-2H3. The molecule has 3 N–H and O–H groups in total. The number of rotatable bonds is 6. The van der Waals surface area contributed by atoms with Crippen molar-refractivity contribution in [2.24, 2.45) is 5.84 Å². The number of alkyl halides is 1. The molecule has 1 aliphatic carbocycles. The molecule has 0 aliphatic heterocycles. The first-order valence-corrected chi connectivity index (χ1v) is 7.79. The summed E-state index contributed by atoms with van der Waals surface area (Å²) in [6, 6.07) is 0.374. The van der Waals surface area contributed by atoms with Gasteiger partial charge in [0.25, 0.3) is 0 Å². The molecule has 0 spiro atoms. The van der Waals surface area contributed by atoms with Crippen LogP contribution < -0.4 is 11.2 Å². The molecule has 0 amide bonds. The maximum absolute atomic E-state index is 11.5. The second kappa shape index (κ2) is 7.96. The number of carbonyl (C=O) groups excluding carboxylic acids is 1. The maximum atomic E-state index is 11.5. The smallest absolute Gasteiger partial charge is 0.327 e. The monoisotopic (exact) mass is 367 g/mol. The van der Waals surface area contributed by atoms with Gasteiger partial charge in [0, 0.05) is 16.2 Å². The van der Waals surface area contributed by atoms with Gasteiger partial charge in [-0.1, -0.05) is 22.6 Å². The van der Waals surface area contributed by atoms with Crippen LogP contribution in [0.4, 0.5) is 0 Å². The SMILES string of the molecule is CCOC(=O)CN(N)C1=C(CI)C(NC)CCC1. The number of hydrogen-bond acceptors (Lipinski definition) is 5. The van der Waals surface area contributed by atoms with E-state index in [2.05, 4.69) is 27.9 Å². The molecule has 0 heterocycles. The molecule has 0 saturated heterocycles. The summed E-state index contributed by atoms with van der Waals surface area (Å²) in [7, 11) is 1.96. The van der Waals surface area contributed by atoms with Crippen molar-refractivity contribution in [3.63, 3.8) is 0 Å². The number of carbonyl (C=O) groups is 1. The molecule has 0 bridgehead atoms. The van der Waals surface area contributed by atoms with Gasteiger partial charge in [-0.25, -0.2) is 5.84 Å². The highest BCUT2D eigenvalue weighted by molar-refractivity contribution is 14.1. The van der Waals surface area contributed by atoms with E-state index in [1.807, 2.05) is 7.05 Å². The Kier molecular flexibility index (Phi) is 6.95. The number of hydrazine groups is 1. The molecule has 104 valence electrons. The fourth-order valence-corrected chi connectivity index (χ4v) is 3.24. The Labute approximate surface area is 122 Å². The molecule has 1 unspecified atom stereocenters. The number of allylic oxidation sites excluding steroid dienone is 1. The predicted molar refractivity (Wildman–Crippen MR) is 80.1 cm³/mol. The zero-order valence-electron chi connectivity index (χ0n) is 11.0. The van der Waals surface area contributed by atoms with E-state index < -0.39 is 0 Å². The number of halogens is 1. The fourth-order valence-electron chi connectivity index (χ4n) is 2.27. The molecule has 0 aromatic heterocycles. The minimum Gasteiger partial charge on any atom is -0.465 e. The third-order valence-electron chi connectivity index (χ3n) is 3.14. The lowest BCUT2D eigenvalue weighted by atomic mass is 9.92. The van der Waals surface area contributed by atoms with Gasteiger partial charge in [0.2, 0.25) is 0 Å². The van der Waals surface area contributed by atoms with Crippen LogP contribution in [0.1, 0.15) is 26.2 Å². The van der Waals surface area contributed by atoms with Gasteiger partial charge in [-0.05, 0) is 38.8 Å². The van der Waals surface area contributed by atoms with E-state index in [4.69, 9.17) is 10.6 Å². The van der Waals surface area contributed by atoms with E-state index in [1.165, 1.54) is 5.57 Å². The van der Waals surface area contributed by atoms with E-state index in [9.17, 15) is 4.79 Å². The summed E-state index contributed by atoms with van der Waals surface area (Å²) in [5.74, 6) is 5.73. The lowest BCUT2D eigenvalue weighted by Crippen LogP contribution is -2.41. The van der Waals surface area contributed by atoms with Crippen molar-refractivity contribution in [3.05, 3.63) is 11.3 Å². The van der Waals surface area contributed by atoms with Crippen LogP contribution in [0, 0.1) is 0 Å². The first-order valence-electron chi connectivity index (χ1n) is 6.27. The van der Waals surface area contributed by atoms with Crippen LogP contribution >= 0.6 is 22.6 Å². The summed E-state index contributed by atoms with van der Waals surface area (Å²) in [4.78, 5) is 11.5. The topological polar surface area (TPSA) is 67.6 Å². The summed E-state index contributed by atoms with van der Waals surface area (Å²) in [5.41, 5.74) is 2.39. The van der Waals surface area contributed by atoms with E-state index in [1.54, 1.807) is 11.9 Å². The molecule has 6 heteroatoms. The first kappa shape index (κ1) is 15.7. The average Bonchev–Trinajstić information content (AvgIpc) is 2.37. The average molecular weight is 367 g/mol. The van der Waals surface area contributed by atoms with Gasteiger partial charge in [0.05, 0.1) is 6.61 Å². The van der Waals surface area contributed by atoms with Crippen molar-refractivity contribution < 1.29 is 9.53 Å². The lowest BCUT2D eigenvalue weighted by Gasteiger charge is -2.32. The van der Waals surface area contributed by atoms with Gasteiger partial charge in [0.15, 0.2) is 0 Å². The molecule has 0 saturated carbocycles. The highest BCUT2D eigenvalue weighted by Gasteiger charge is 2.24. The largest absolute Gasteiger partial charge is 0.465 e. The van der Waals surface area contributed by atoms with Gasteiger partial charge in [-0.3, -0.25) is 4.79 Å². The van der Waals surface area contributed by atoms with Crippen LogP contribution in [0.15, 0.2) is 11.3 Å². The second-order valence-corrected chi connectivity index (χ2v) is 5.03. The van der Waals surface area contributed by atoms with Gasteiger partial charge >= 0.3 is 5.97 Å². The molecule has 0 aromatic carbocycles. The molecular weight excluding hydrogens is 345 g/mol. The van der Waals surface area contributed by atoms with Crippen LogP contribution in [0.25, 0.3) is 0 Å². The molecule has 1 aliphatic rings. The van der Waals surface area contributed by atoms with Crippen LogP contribution in [-0.2, 0) is 9.53 Å². The van der Waals surface area contributed by atoms with Gasteiger partial charge in [-0.15, -0.1) is 0 Å². The fraction of sp³-hybridized carbons (Fsp3) is 0.750. The third-order valence-corrected chi connectivity index (χ3v) is 3.96. The molecular formula is C12H22IN3O2. The number of hydrogen-bond donors (Lipinski definition) is 2. The van der Waals surface area contributed by atoms with Crippen LogP contribution in [-0.4, -0.2) is 41.6 Å². The summed E-state index contributed by atoms with van der Waals surface area (Å²) in [6.07, 6.45) is 3.16. The van der Waals surface area contributed by atoms with Crippen molar-refractivity contribution in [3.8, 4) is 0 Å². The number of nitrogens with zero attached hydrogens (tertiary/aromatic N) is 1. The normalized spacial score (nSPS) is 19.9. The Hall–Kier alpha value is -0.340. The highest BCUT2D eigenvalue weighted by atomic mass is 127. The van der Waals surface area contributed by atoms with Gasteiger partial charge in [-0.2, -0.15) is 0 Å². The number of likely N-dealkylation sites (N-methyl/N-ethyl adjacent to an activating group) is 1. The number of esters is 1. The minimum atomic E-state index is -0.271.